The molecule has 58 heavy (non-hydrogen) atoms. The van der Waals surface area contributed by atoms with Gasteiger partial charge in [-0.05, 0) is 84.3 Å². The number of hydrogen-bond acceptors (Lipinski definition) is 4. The lowest BCUT2D eigenvalue weighted by atomic mass is 9.70. The molecule has 268 valence electrons. The fraction of sp³-hybridized carbons (Fsp3) is 0.0185. The van der Waals surface area contributed by atoms with Gasteiger partial charge in [-0.15, -0.1) is 11.3 Å². The number of nitrogens with zero attached hydrogens (tertiary/aromatic N) is 3. The second kappa shape index (κ2) is 11.9. The van der Waals surface area contributed by atoms with Gasteiger partial charge < -0.3 is 0 Å². The van der Waals surface area contributed by atoms with E-state index in [2.05, 4.69) is 170 Å². The number of aromatic nitrogens is 3. The van der Waals surface area contributed by atoms with Gasteiger partial charge in [0.1, 0.15) is 0 Å². The molecule has 0 saturated heterocycles. The van der Waals surface area contributed by atoms with E-state index in [1.807, 2.05) is 18.2 Å². The van der Waals surface area contributed by atoms with Crippen molar-refractivity contribution in [3.05, 3.63) is 210 Å². The summed E-state index contributed by atoms with van der Waals surface area (Å²) in [4.78, 5) is 15.2. The molecule has 3 nitrogen and oxygen atoms in total. The molecule has 13 rings (SSSR count). The van der Waals surface area contributed by atoms with E-state index in [0.717, 1.165) is 22.3 Å². The molecule has 0 radical (unpaired) electrons. The second-order valence-corrected chi connectivity index (χ2v) is 16.6. The first kappa shape index (κ1) is 31.9. The maximum atomic E-state index is 5.12. The van der Waals surface area contributed by atoms with Crippen molar-refractivity contribution in [2.24, 2.45) is 0 Å². The van der Waals surface area contributed by atoms with Crippen molar-refractivity contribution in [3.8, 4) is 56.4 Å². The summed E-state index contributed by atoms with van der Waals surface area (Å²) in [7, 11) is 0. The Bertz CT molecular complexity index is 3450. The largest absolute Gasteiger partial charge is 0.208 e. The third-order valence-electron chi connectivity index (χ3n) is 12.5. The summed E-state index contributed by atoms with van der Waals surface area (Å²) in [5, 5.41) is 7.88. The van der Waals surface area contributed by atoms with Crippen LogP contribution in [-0.4, -0.2) is 15.0 Å². The van der Waals surface area contributed by atoms with Crippen molar-refractivity contribution in [1.29, 1.82) is 0 Å². The van der Waals surface area contributed by atoms with Crippen LogP contribution in [0.15, 0.2) is 188 Å². The maximum absolute atomic E-state index is 5.12. The zero-order valence-corrected chi connectivity index (χ0v) is 32.0. The Morgan fingerprint density at radius 1 is 0.328 bits per heavy atom. The number of fused-ring (bicyclic) bond motifs is 10. The molecule has 0 atom stereocenters. The molecule has 2 aliphatic carbocycles. The highest BCUT2D eigenvalue weighted by atomic mass is 32.1. The molecular formula is C54H31N3S. The van der Waals surface area contributed by atoms with Crippen LogP contribution >= 0.6 is 11.3 Å². The highest BCUT2D eigenvalue weighted by Gasteiger charge is 2.50. The first-order valence-corrected chi connectivity index (χ1v) is 20.6. The van der Waals surface area contributed by atoms with Crippen LogP contribution in [0.2, 0.25) is 0 Å². The van der Waals surface area contributed by atoms with Gasteiger partial charge in [-0.3, -0.25) is 0 Å². The lowest BCUT2D eigenvalue weighted by molar-refractivity contribution is 0.797. The molecule has 0 bridgehead atoms. The number of benzene rings is 9. The molecule has 0 aliphatic heterocycles. The molecule has 2 aromatic heterocycles. The fourth-order valence-corrected chi connectivity index (χ4v) is 11.1. The van der Waals surface area contributed by atoms with E-state index < -0.39 is 5.41 Å². The van der Waals surface area contributed by atoms with Gasteiger partial charge in [0, 0.05) is 36.9 Å². The zero-order valence-electron chi connectivity index (χ0n) is 31.1. The monoisotopic (exact) mass is 753 g/mol. The summed E-state index contributed by atoms with van der Waals surface area (Å²) in [6.07, 6.45) is 0. The lowest BCUT2D eigenvalue weighted by Crippen LogP contribution is -2.26. The van der Waals surface area contributed by atoms with Crippen LogP contribution in [0.4, 0.5) is 0 Å². The average Bonchev–Trinajstić information content (AvgIpc) is 3.93. The normalized spacial score (nSPS) is 13.3. The zero-order chi connectivity index (χ0) is 38.0. The summed E-state index contributed by atoms with van der Waals surface area (Å²) in [6, 6.07) is 68.5. The Morgan fingerprint density at radius 3 is 1.64 bits per heavy atom. The molecule has 9 aromatic carbocycles. The van der Waals surface area contributed by atoms with Crippen LogP contribution in [0.5, 0.6) is 0 Å². The van der Waals surface area contributed by atoms with Crippen LogP contribution in [0, 0.1) is 0 Å². The SMILES string of the molecule is c1ccc(-c2nc(-c3ccc(-c4ccc5c(c4)C4(c6ccccc6-5)c5cccc6ccc7cccc4c7c56)cc3)nc(-c3ccc4c(c3)sc3ccccc34)n2)cc1. The van der Waals surface area contributed by atoms with Crippen LogP contribution in [0.3, 0.4) is 0 Å². The summed E-state index contributed by atoms with van der Waals surface area (Å²) in [5.74, 6) is 1.98. The summed E-state index contributed by atoms with van der Waals surface area (Å²) in [5.41, 5.74) is 12.9. The number of thiophene rings is 1. The minimum Gasteiger partial charge on any atom is -0.208 e. The summed E-state index contributed by atoms with van der Waals surface area (Å²) >= 11 is 1.80. The van der Waals surface area contributed by atoms with E-state index in [1.165, 1.54) is 80.7 Å². The topological polar surface area (TPSA) is 38.7 Å². The first-order valence-electron chi connectivity index (χ1n) is 19.8. The Morgan fingerprint density at radius 2 is 0.879 bits per heavy atom. The van der Waals surface area contributed by atoms with E-state index in [9.17, 15) is 0 Å². The highest BCUT2D eigenvalue weighted by Crippen LogP contribution is 2.62. The van der Waals surface area contributed by atoms with Gasteiger partial charge in [0.05, 0.1) is 5.41 Å². The number of hydrogen-bond donors (Lipinski definition) is 0. The molecule has 0 saturated carbocycles. The first-order chi connectivity index (χ1) is 28.7. The fourth-order valence-electron chi connectivity index (χ4n) is 9.99. The molecule has 1 spiro atoms. The summed E-state index contributed by atoms with van der Waals surface area (Å²) < 4.78 is 2.50. The average molecular weight is 754 g/mol. The van der Waals surface area contributed by atoms with Gasteiger partial charge >= 0.3 is 0 Å². The molecule has 4 heteroatoms. The third kappa shape index (κ3) is 4.35. The Kier molecular flexibility index (Phi) is 6.53. The van der Waals surface area contributed by atoms with Gasteiger partial charge in [0.2, 0.25) is 0 Å². The van der Waals surface area contributed by atoms with Crippen molar-refractivity contribution in [2.75, 3.05) is 0 Å². The van der Waals surface area contributed by atoms with E-state index in [1.54, 1.807) is 11.3 Å². The lowest BCUT2D eigenvalue weighted by Gasteiger charge is -2.31. The van der Waals surface area contributed by atoms with Gasteiger partial charge in [-0.1, -0.05) is 170 Å². The Hall–Kier alpha value is -7.27. The highest BCUT2D eigenvalue weighted by molar-refractivity contribution is 7.25. The van der Waals surface area contributed by atoms with E-state index in [-0.39, 0.29) is 0 Å². The molecule has 0 unspecified atom stereocenters. The van der Waals surface area contributed by atoms with E-state index in [0.29, 0.717) is 17.5 Å². The van der Waals surface area contributed by atoms with Crippen molar-refractivity contribution in [1.82, 2.24) is 15.0 Å². The van der Waals surface area contributed by atoms with E-state index >= 15 is 0 Å². The molecule has 0 amide bonds. The molecule has 2 aliphatic rings. The minimum atomic E-state index is -0.390. The van der Waals surface area contributed by atoms with Gasteiger partial charge in [0.25, 0.3) is 0 Å². The van der Waals surface area contributed by atoms with Crippen LogP contribution in [0.1, 0.15) is 22.3 Å². The molecule has 0 fully saturated rings. The quantitative estimate of drug-likeness (QED) is 0.168. The third-order valence-corrected chi connectivity index (χ3v) is 13.7. The Labute approximate surface area is 338 Å². The van der Waals surface area contributed by atoms with E-state index in [4.69, 9.17) is 15.0 Å². The van der Waals surface area contributed by atoms with Crippen molar-refractivity contribution in [2.45, 2.75) is 5.41 Å². The molecular weight excluding hydrogens is 723 g/mol. The number of rotatable bonds is 4. The smallest absolute Gasteiger partial charge is 0.164 e. The van der Waals surface area contributed by atoms with Crippen LogP contribution < -0.4 is 0 Å². The van der Waals surface area contributed by atoms with Crippen molar-refractivity contribution in [3.63, 3.8) is 0 Å². The summed E-state index contributed by atoms with van der Waals surface area (Å²) in [6.45, 7) is 0. The van der Waals surface area contributed by atoms with Crippen molar-refractivity contribution >= 4 is 53.1 Å². The predicted octanol–water partition coefficient (Wildman–Crippen LogP) is 13.9. The van der Waals surface area contributed by atoms with Crippen molar-refractivity contribution < 1.29 is 0 Å². The van der Waals surface area contributed by atoms with Gasteiger partial charge in [-0.2, -0.15) is 0 Å². The molecule has 11 aromatic rings. The van der Waals surface area contributed by atoms with Gasteiger partial charge in [-0.25, -0.2) is 15.0 Å². The maximum Gasteiger partial charge on any atom is 0.164 e. The Balaban J connectivity index is 0.941. The standard InChI is InChI=1S/C54H31N3S/c1-2-10-35(11-3-1)51-55-52(57-53(56-51)38-27-29-42-41-15-5-7-19-47(41)58-48(42)31-38)36-24-20-32(21-25-36)37-26-28-40-39-14-4-6-16-43(39)54(46(40)30-37)44-17-8-12-33-22-23-34-13-9-18-45(54)50(34)49(33)44/h1-31H. The minimum absolute atomic E-state index is 0.390. The molecule has 2 heterocycles. The molecule has 0 N–H and O–H groups in total. The predicted molar refractivity (Wildman–Crippen MR) is 240 cm³/mol. The second-order valence-electron chi connectivity index (χ2n) is 15.5. The van der Waals surface area contributed by atoms with Gasteiger partial charge in [0.15, 0.2) is 17.5 Å². The van der Waals surface area contributed by atoms with Crippen LogP contribution in [-0.2, 0) is 5.41 Å². The van der Waals surface area contributed by atoms with Crippen LogP contribution in [0.25, 0.3) is 98.1 Å².